The predicted octanol–water partition coefficient (Wildman–Crippen LogP) is -0.0203. The normalized spacial score (nSPS) is 25.3. The first-order valence-corrected chi connectivity index (χ1v) is 3.21. The van der Waals surface area contributed by atoms with Gasteiger partial charge in [-0.15, -0.1) is 0 Å². The van der Waals surface area contributed by atoms with E-state index in [1.165, 1.54) is 25.9 Å². The van der Waals surface area contributed by atoms with Crippen LogP contribution in [0.4, 0.5) is 0 Å². The maximum Gasteiger partial charge on any atom is 0.0757 e. The molecule has 0 aromatic rings. The van der Waals surface area contributed by atoms with Crippen LogP contribution in [0, 0.1) is 5.92 Å². The van der Waals surface area contributed by atoms with E-state index in [9.17, 15) is 0 Å². The smallest absolute Gasteiger partial charge is 0.0757 e. The largest absolute Gasteiger partial charge is 0.346 e. The third kappa shape index (κ3) is 1.48. The lowest BCUT2D eigenvalue weighted by Gasteiger charge is -2.14. The van der Waals surface area contributed by atoms with E-state index in [1.807, 2.05) is 0 Å². The van der Waals surface area contributed by atoms with Crippen molar-refractivity contribution in [3.63, 3.8) is 0 Å². The molecule has 1 saturated heterocycles. The van der Waals surface area contributed by atoms with Gasteiger partial charge in [-0.25, -0.2) is 0 Å². The number of hydrogen-bond donors (Lipinski definition) is 1. The minimum Gasteiger partial charge on any atom is -0.346 e. The molecule has 1 heterocycles. The maximum absolute atomic E-state index is 2.40. The van der Waals surface area contributed by atoms with Crippen molar-refractivity contribution >= 4 is 0 Å². The van der Waals surface area contributed by atoms with Gasteiger partial charge >= 0.3 is 0 Å². The van der Waals surface area contributed by atoms with Crippen LogP contribution < -0.4 is 5.32 Å². The van der Waals surface area contributed by atoms with E-state index in [4.69, 9.17) is 0 Å². The van der Waals surface area contributed by atoms with E-state index in [2.05, 4.69) is 12.2 Å². The van der Waals surface area contributed by atoms with Crippen molar-refractivity contribution < 1.29 is 5.32 Å². The Morgan fingerprint density at radius 3 is 2.14 bits per heavy atom. The van der Waals surface area contributed by atoms with Gasteiger partial charge in [0, 0.05) is 0 Å². The Bertz CT molecular complexity index is 46.1. The van der Waals surface area contributed by atoms with Crippen LogP contribution in [-0.2, 0) is 0 Å². The maximum atomic E-state index is 2.40. The van der Waals surface area contributed by atoms with Crippen molar-refractivity contribution in [2.75, 3.05) is 13.1 Å². The van der Waals surface area contributed by atoms with Crippen LogP contribution in [0.2, 0.25) is 0 Å². The lowest BCUT2D eigenvalue weighted by molar-refractivity contribution is -0.664. The molecule has 7 heavy (non-hydrogen) atoms. The fourth-order valence-corrected chi connectivity index (χ4v) is 1.09. The summed E-state index contributed by atoms with van der Waals surface area (Å²) in [5.74, 6) is 1.00. The zero-order valence-corrected chi connectivity index (χ0v) is 4.98. The SMILES string of the molecule is CC1CC[NH2+]CC1. The molecule has 0 spiro atoms. The monoisotopic (exact) mass is 100 g/mol. The van der Waals surface area contributed by atoms with Gasteiger partial charge in [0.05, 0.1) is 13.1 Å². The Morgan fingerprint density at radius 2 is 1.86 bits per heavy atom. The molecule has 0 bridgehead atoms. The molecule has 2 N–H and O–H groups in total. The van der Waals surface area contributed by atoms with E-state index in [0.29, 0.717) is 0 Å². The molecule has 0 aromatic carbocycles. The molecule has 0 unspecified atom stereocenters. The molecule has 42 valence electrons. The second-order valence-electron chi connectivity index (χ2n) is 2.55. The predicted molar refractivity (Wildman–Crippen MR) is 30.1 cm³/mol. The van der Waals surface area contributed by atoms with E-state index in [-0.39, 0.29) is 0 Å². The Morgan fingerprint density at radius 1 is 1.29 bits per heavy atom. The number of hydrogen-bond acceptors (Lipinski definition) is 0. The highest BCUT2D eigenvalue weighted by Gasteiger charge is 2.08. The fourth-order valence-electron chi connectivity index (χ4n) is 1.09. The van der Waals surface area contributed by atoms with Crippen LogP contribution in [0.1, 0.15) is 19.8 Å². The third-order valence-electron chi connectivity index (χ3n) is 1.73. The Hall–Kier alpha value is -0.0400. The van der Waals surface area contributed by atoms with Gasteiger partial charge in [0.25, 0.3) is 0 Å². The lowest BCUT2D eigenvalue weighted by atomic mass is 10.0. The van der Waals surface area contributed by atoms with Crippen molar-refractivity contribution in [3.05, 3.63) is 0 Å². The molecule has 1 aliphatic rings. The molecule has 1 heteroatoms. The number of nitrogens with two attached hydrogens (primary N) is 1. The summed E-state index contributed by atoms with van der Waals surface area (Å²) in [7, 11) is 0. The molecule has 0 atom stereocenters. The third-order valence-corrected chi connectivity index (χ3v) is 1.73. The van der Waals surface area contributed by atoms with Gasteiger partial charge in [-0.3, -0.25) is 0 Å². The molecule has 0 saturated carbocycles. The number of rotatable bonds is 0. The zero-order chi connectivity index (χ0) is 5.11. The first-order valence-electron chi connectivity index (χ1n) is 3.21. The fraction of sp³-hybridized carbons (Fsp3) is 1.00. The van der Waals surface area contributed by atoms with Gasteiger partial charge < -0.3 is 5.32 Å². The Balaban J connectivity index is 2.12. The first kappa shape index (κ1) is 5.10. The number of piperidine rings is 1. The average molecular weight is 100 g/mol. The van der Waals surface area contributed by atoms with Crippen LogP contribution in [0.15, 0.2) is 0 Å². The molecule has 1 fully saturated rings. The van der Waals surface area contributed by atoms with Crippen LogP contribution >= 0.6 is 0 Å². The van der Waals surface area contributed by atoms with Gasteiger partial charge in [-0.05, 0) is 18.8 Å². The molecule has 0 aromatic heterocycles. The Labute approximate surface area is 45.1 Å². The van der Waals surface area contributed by atoms with E-state index in [1.54, 1.807) is 0 Å². The summed E-state index contributed by atoms with van der Waals surface area (Å²) in [6, 6.07) is 0. The average Bonchev–Trinajstić information content (AvgIpc) is 1.69. The van der Waals surface area contributed by atoms with E-state index in [0.717, 1.165) is 5.92 Å². The van der Waals surface area contributed by atoms with E-state index < -0.39 is 0 Å². The van der Waals surface area contributed by atoms with Crippen molar-refractivity contribution in [1.82, 2.24) is 0 Å². The molecule has 0 aliphatic carbocycles. The summed E-state index contributed by atoms with van der Waals surface area (Å²) in [4.78, 5) is 0. The van der Waals surface area contributed by atoms with Gasteiger partial charge in [-0.2, -0.15) is 0 Å². The molecular weight excluding hydrogens is 86.1 g/mol. The first-order chi connectivity index (χ1) is 3.39. The second-order valence-corrected chi connectivity index (χ2v) is 2.55. The molecule has 1 nitrogen and oxygen atoms in total. The second kappa shape index (κ2) is 2.31. The highest BCUT2D eigenvalue weighted by Crippen LogP contribution is 2.04. The van der Waals surface area contributed by atoms with Gasteiger partial charge in [0.1, 0.15) is 0 Å². The van der Waals surface area contributed by atoms with Crippen molar-refractivity contribution in [2.45, 2.75) is 19.8 Å². The van der Waals surface area contributed by atoms with Crippen molar-refractivity contribution in [1.29, 1.82) is 0 Å². The summed E-state index contributed by atoms with van der Waals surface area (Å²) in [6.45, 7) is 5.06. The van der Waals surface area contributed by atoms with Gasteiger partial charge in [0.2, 0.25) is 0 Å². The van der Waals surface area contributed by atoms with Crippen LogP contribution in [-0.4, -0.2) is 13.1 Å². The topological polar surface area (TPSA) is 16.6 Å². The number of quaternary nitrogens is 1. The summed E-state index contributed by atoms with van der Waals surface area (Å²) in [5.41, 5.74) is 0. The lowest BCUT2D eigenvalue weighted by Crippen LogP contribution is -2.86. The quantitative estimate of drug-likeness (QED) is 0.440. The Kier molecular flexibility index (Phi) is 1.69. The molecule has 1 rings (SSSR count). The summed E-state index contributed by atoms with van der Waals surface area (Å²) in [6.07, 6.45) is 2.86. The molecule has 1 aliphatic heterocycles. The van der Waals surface area contributed by atoms with Crippen molar-refractivity contribution in [2.24, 2.45) is 5.92 Å². The molecule has 0 amide bonds. The standard InChI is InChI=1S/C6H13N/c1-6-2-4-7-5-3-6/h6-7H,2-5H2,1H3/p+1. The minimum absolute atomic E-state index is 1.00. The summed E-state index contributed by atoms with van der Waals surface area (Å²) in [5, 5.41) is 2.40. The molecular formula is C6H14N+. The summed E-state index contributed by atoms with van der Waals surface area (Å²) >= 11 is 0. The van der Waals surface area contributed by atoms with Crippen molar-refractivity contribution in [3.8, 4) is 0 Å². The molecule has 0 radical (unpaired) electrons. The van der Waals surface area contributed by atoms with E-state index >= 15 is 0 Å². The van der Waals surface area contributed by atoms with Crippen LogP contribution in [0.3, 0.4) is 0 Å². The highest BCUT2D eigenvalue weighted by molar-refractivity contribution is 4.52. The zero-order valence-electron chi connectivity index (χ0n) is 4.98. The van der Waals surface area contributed by atoms with Gasteiger partial charge in [0.15, 0.2) is 0 Å². The van der Waals surface area contributed by atoms with Gasteiger partial charge in [-0.1, -0.05) is 6.92 Å². The minimum atomic E-state index is 1.00. The van der Waals surface area contributed by atoms with Crippen LogP contribution in [0.25, 0.3) is 0 Å². The summed E-state index contributed by atoms with van der Waals surface area (Å²) < 4.78 is 0. The van der Waals surface area contributed by atoms with Crippen LogP contribution in [0.5, 0.6) is 0 Å². The highest BCUT2D eigenvalue weighted by atomic mass is 14.9.